The minimum absolute atomic E-state index is 0.0118. The Hall–Kier alpha value is -3.38. The molecule has 0 atom stereocenters. The molecule has 3 heterocycles. The summed E-state index contributed by atoms with van der Waals surface area (Å²) in [7, 11) is -3.39. The lowest BCUT2D eigenvalue weighted by Gasteiger charge is -2.34. The van der Waals surface area contributed by atoms with E-state index >= 15 is 0 Å². The molecule has 0 saturated carbocycles. The number of anilines is 3. The molecule has 0 bridgehead atoms. The van der Waals surface area contributed by atoms with Gasteiger partial charge in [-0.25, -0.2) is 31.6 Å². The summed E-state index contributed by atoms with van der Waals surface area (Å²) >= 11 is 0. The second-order valence-electron chi connectivity index (χ2n) is 9.62. The predicted octanol–water partition coefficient (Wildman–Crippen LogP) is 4.84. The van der Waals surface area contributed by atoms with Crippen LogP contribution in [-0.2, 0) is 16.6 Å². The third-order valence-electron chi connectivity index (χ3n) is 6.66. The average Bonchev–Trinajstić information content (AvgIpc) is 2.87. The van der Waals surface area contributed by atoms with E-state index in [1.807, 2.05) is 18.7 Å². The van der Waals surface area contributed by atoms with Gasteiger partial charge in [-0.3, -0.25) is 0 Å². The smallest absolute Gasteiger partial charge is 0.227 e. The van der Waals surface area contributed by atoms with Gasteiger partial charge in [-0.1, -0.05) is 6.07 Å². The molecule has 2 aromatic carbocycles. The fourth-order valence-electron chi connectivity index (χ4n) is 4.70. The molecule has 0 radical (unpaired) electrons. The molecular weight excluding hydrogens is 519 g/mol. The van der Waals surface area contributed by atoms with Crippen LogP contribution in [0.15, 0.2) is 36.5 Å². The minimum atomic E-state index is -3.39. The number of nitrogens with one attached hydrogen (secondary N) is 1. The first-order valence-corrected chi connectivity index (χ1v) is 14.0. The van der Waals surface area contributed by atoms with Crippen LogP contribution >= 0.6 is 0 Å². The Bertz CT molecular complexity index is 1470. The van der Waals surface area contributed by atoms with Crippen LogP contribution in [0, 0.1) is 17.5 Å². The second-order valence-corrected chi connectivity index (χ2v) is 11.7. The summed E-state index contributed by atoms with van der Waals surface area (Å²) in [6.45, 7) is 5.18. The number of aromatic nitrogens is 2. The highest BCUT2D eigenvalue weighted by Crippen LogP contribution is 2.39. The molecule has 1 saturated heterocycles. The van der Waals surface area contributed by atoms with Crippen LogP contribution in [0.2, 0.25) is 0 Å². The van der Waals surface area contributed by atoms with Crippen molar-refractivity contribution in [3.05, 3.63) is 59.5 Å². The van der Waals surface area contributed by atoms with Crippen LogP contribution in [0.25, 0.3) is 11.3 Å². The highest BCUT2D eigenvalue weighted by Gasteiger charge is 2.27. The van der Waals surface area contributed by atoms with Gasteiger partial charge in [-0.15, -0.1) is 0 Å². The molecule has 2 aliphatic heterocycles. The number of sulfonamides is 1. The highest BCUT2D eigenvalue weighted by atomic mass is 32.2. The molecule has 8 nitrogen and oxygen atoms in total. The van der Waals surface area contributed by atoms with Crippen LogP contribution in [-0.4, -0.2) is 54.2 Å². The quantitative estimate of drug-likeness (QED) is 0.473. The molecule has 1 fully saturated rings. The molecule has 0 unspecified atom stereocenters. The summed E-state index contributed by atoms with van der Waals surface area (Å²) in [4.78, 5) is 10.1. The third kappa shape index (κ3) is 5.28. The largest absolute Gasteiger partial charge is 0.486 e. The van der Waals surface area contributed by atoms with Gasteiger partial charge in [0, 0.05) is 35.9 Å². The van der Waals surface area contributed by atoms with Crippen molar-refractivity contribution in [2.45, 2.75) is 39.3 Å². The maximum atomic E-state index is 14.9. The SMILES string of the molecule is CC(C)N1CCOc2c(F)cc(-c3nc(Nc4ccc(CN5CCCCS5(=O)=O)c(F)c4)ncc3F)cc21. The standard InChI is InChI=1S/C26H28F3N5O3S/c1-16(2)34-8-9-37-25-21(28)11-18(12-23(25)34)24-22(29)14-30-26(32-24)31-19-6-5-17(20(27)13-19)15-33-7-3-4-10-38(33,35)36/h5-6,11-14,16H,3-4,7-10,15H2,1-2H3,(H,30,31,32). The van der Waals surface area contributed by atoms with E-state index in [0.717, 1.165) is 12.6 Å². The number of hydrogen-bond donors (Lipinski definition) is 1. The van der Waals surface area contributed by atoms with Gasteiger partial charge in [0.2, 0.25) is 16.0 Å². The normalized spacial score (nSPS) is 17.3. The van der Waals surface area contributed by atoms with E-state index in [1.165, 1.54) is 22.5 Å². The van der Waals surface area contributed by atoms with E-state index in [1.54, 1.807) is 12.1 Å². The Morgan fingerprint density at radius 2 is 1.87 bits per heavy atom. The third-order valence-corrected chi connectivity index (χ3v) is 8.57. The van der Waals surface area contributed by atoms with Crippen molar-refractivity contribution in [2.75, 3.05) is 35.7 Å². The summed E-state index contributed by atoms with van der Waals surface area (Å²) in [5.74, 6) is -1.79. The van der Waals surface area contributed by atoms with E-state index in [0.29, 0.717) is 37.5 Å². The van der Waals surface area contributed by atoms with E-state index < -0.39 is 27.5 Å². The van der Waals surface area contributed by atoms with Crippen LogP contribution in [0.1, 0.15) is 32.3 Å². The number of benzene rings is 2. The molecule has 1 N–H and O–H groups in total. The summed E-state index contributed by atoms with van der Waals surface area (Å²) in [6, 6.07) is 7.14. The molecule has 0 amide bonds. The van der Waals surface area contributed by atoms with Crippen molar-refractivity contribution in [3.8, 4) is 17.0 Å². The monoisotopic (exact) mass is 547 g/mol. The number of fused-ring (bicyclic) bond motifs is 1. The first-order valence-electron chi connectivity index (χ1n) is 12.4. The van der Waals surface area contributed by atoms with E-state index in [9.17, 15) is 21.6 Å². The van der Waals surface area contributed by atoms with Gasteiger partial charge in [-0.2, -0.15) is 4.31 Å². The van der Waals surface area contributed by atoms with Gasteiger partial charge in [0.15, 0.2) is 17.4 Å². The van der Waals surface area contributed by atoms with Crippen molar-refractivity contribution in [1.82, 2.24) is 14.3 Å². The summed E-state index contributed by atoms with van der Waals surface area (Å²) in [5.41, 5.74) is 1.14. The Morgan fingerprint density at radius 3 is 2.61 bits per heavy atom. The summed E-state index contributed by atoms with van der Waals surface area (Å²) in [5, 5.41) is 2.84. The lowest BCUT2D eigenvalue weighted by molar-refractivity contribution is 0.287. The topological polar surface area (TPSA) is 87.7 Å². The van der Waals surface area contributed by atoms with Gasteiger partial charge in [0.25, 0.3) is 0 Å². The van der Waals surface area contributed by atoms with Crippen molar-refractivity contribution < 1.29 is 26.3 Å². The van der Waals surface area contributed by atoms with Crippen molar-refractivity contribution in [2.24, 2.45) is 0 Å². The molecule has 3 aromatic rings. The summed E-state index contributed by atoms with van der Waals surface area (Å²) < 4.78 is 75.8. The molecular formula is C26H28F3N5O3S. The fraction of sp³-hybridized carbons (Fsp3) is 0.385. The molecule has 0 aliphatic carbocycles. The van der Waals surface area contributed by atoms with E-state index in [-0.39, 0.29) is 46.9 Å². The molecule has 0 spiro atoms. The zero-order chi connectivity index (χ0) is 27.0. The molecule has 2 aliphatic rings. The van der Waals surface area contributed by atoms with Gasteiger partial charge in [0.05, 0.1) is 24.2 Å². The van der Waals surface area contributed by atoms with E-state index in [4.69, 9.17) is 4.74 Å². The van der Waals surface area contributed by atoms with Gasteiger partial charge in [-0.05, 0) is 51.0 Å². The number of nitrogens with zero attached hydrogens (tertiary/aromatic N) is 4. The highest BCUT2D eigenvalue weighted by molar-refractivity contribution is 7.89. The summed E-state index contributed by atoms with van der Waals surface area (Å²) in [6.07, 6.45) is 2.30. The maximum absolute atomic E-state index is 14.9. The Balaban J connectivity index is 1.40. The van der Waals surface area contributed by atoms with Crippen molar-refractivity contribution in [3.63, 3.8) is 0 Å². The number of ether oxygens (including phenoxy) is 1. The molecule has 1 aromatic heterocycles. The average molecular weight is 548 g/mol. The van der Waals surface area contributed by atoms with Gasteiger partial charge >= 0.3 is 0 Å². The Kier molecular flexibility index (Phi) is 7.19. The number of halogens is 3. The number of rotatable bonds is 6. The molecule has 12 heteroatoms. The van der Waals surface area contributed by atoms with Crippen molar-refractivity contribution in [1.29, 1.82) is 0 Å². The van der Waals surface area contributed by atoms with Crippen LogP contribution < -0.4 is 15.0 Å². The minimum Gasteiger partial charge on any atom is -0.486 e. The molecule has 5 rings (SSSR count). The Morgan fingerprint density at radius 1 is 1.05 bits per heavy atom. The van der Waals surface area contributed by atoms with Crippen LogP contribution in [0.4, 0.5) is 30.5 Å². The first-order chi connectivity index (χ1) is 18.1. The first kappa shape index (κ1) is 26.2. The zero-order valence-electron chi connectivity index (χ0n) is 21.0. The maximum Gasteiger partial charge on any atom is 0.227 e. The van der Waals surface area contributed by atoms with Crippen LogP contribution in [0.5, 0.6) is 5.75 Å². The van der Waals surface area contributed by atoms with Gasteiger partial charge < -0.3 is 15.0 Å². The lowest BCUT2D eigenvalue weighted by atomic mass is 10.1. The second kappa shape index (κ2) is 10.4. The zero-order valence-corrected chi connectivity index (χ0v) is 21.9. The Labute approximate surface area is 219 Å². The van der Waals surface area contributed by atoms with Crippen LogP contribution in [0.3, 0.4) is 0 Å². The van der Waals surface area contributed by atoms with Crippen molar-refractivity contribution >= 4 is 27.3 Å². The van der Waals surface area contributed by atoms with Gasteiger partial charge in [0.1, 0.15) is 18.1 Å². The fourth-order valence-corrected chi connectivity index (χ4v) is 6.27. The molecule has 202 valence electrons. The number of hydrogen-bond acceptors (Lipinski definition) is 7. The lowest BCUT2D eigenvalue weighted by Crippen LogP contribution is -2.38. The van der Waals surface area contributed by atoms with E-state index in [2.05, 4.69) is 15.3 Å². The predicted molar refractivity (Wildman–Crippen MR) is 138 cm³/mol. The molecule has 38 heavy (non-hydrogen) atoms.